The second-order valence-electron chi connectivity index (χ2n) is 5.32. The van der Waals surface area contributed by atoms with Gasteiger partial charge in [-0.25, -0.2) is 0 Å². The standard InChI is InChI=1S/C18H25NO2/c1-3-12-19(20)13-11-16-8-5-7-15-9-6-10-17(18(15)16)21-14-4-2/h5-10,20H,3-4,11-14H2,1-2H3. The second kappa shape index (κ2) is 8.01. The molecule has 2 aromatic carbocycles. The van der Waals surface area contributed by atoms with Gasteiger partial charge in [0.1, 0.15) is 5.75 Å². The van der Waals surface area contributed by atoms with Crippen molar-refractivity contribution in [3.05, 3.63) is 42.0 Å². The zero-order chi connectivity index (χ0) is 15.1. The van der Waals surface area contributed by atoms with E-state index in [4.69, 9.17) is 4.74 Å². The third kappa shape index (κ3) is 4.19. The van der Waals surface area contributed by atoms with Crippen molar-refractivity contribution in [2.75, 3.05) is 19.7 Å². The lowest BCUT2D eigenvalue weighted by Gasteiger charge is -2.16. The summed E-state index contributed by atoms with van der Waals surface area (Å²) >= 11 is 0. The first-order valence-electron chi connectivity index (χ1n) is 7.83. The van der Waals surface area contributed by atoms with Crippen LogP contribution in [0.1, 0.15) is 32.3 Å². The van der Waals surface area contributed by atoms with Crippen LogP contribution in [0.15, 0.2) is 36.4 Å². The van der Waals surface area contributed by atoms with Gasteiger partial charge in [0.15, 0.2) is 0 Å². The maximum absolute atomic E-state index is 9.80. The molecular weight excluding hydrogens is 262 g/mol. The quantitative estimate of drug-likeness (QED) is 0.736. The molecule has 0 aromatic heterocycles. The predicted molar refractivity (Wildman–Crippen MR) is 87.1 cm³/mol. The molecule has 2 aromatic rings. The summed E-state index contributed by atoms with van der Waals surface area (Å²) in [6, 6.07) is 12.5. The minimum Gasteiger partial charge on any atom is -0.493 e. The van der Waals surface area contributed by atoms with Crippen LogP contribution in [-0.4, -0.2) is 30.0 Å². The minimum absolute atomic E-state index is 0.648. The van der Waals surface area contributed by atoms with Gasteiger partial charge in [0.05, 0.1) is 6.61 Å². The lowest BCUT2D eigenvalue weighted by molar-refractivity contribution is -0.0892. The largest absolute Gasteiger partial charge is 0.493 e. The summed E-state index contributed by atoms with van der Waals surface area (Å²) in [7, 11) is 0. The molecule has 0 heterocycles. The normalized spacial score (nSPS) is 11.2. The number of rotatable bonds is 8. The number of ether oxygens (including phenoxy) is 1. The van der Waals surface area contributed by atoms with Crippen molar-refractivity contribution >= 4 is 10.8 Å². The lowest BCUT2D eigenvalue weighted by atomic mass is 10.0. The van der Waals surface area contributed by atoms with Gasteiger partial charge in [0.25, 0.3) is 0 Å². The fourth-order valence-electron chi connectivity index (χ4n) is 2.54. The van der Waals surface area contributed by atoms with E-state index in [0.717, 1.165) is 31.6 Å². The van der Waals surface area contributed by atoms with Gasteiger partial charge in [-0.3, -0.25) is 0 Å². The maximum atomic E-state index is 9.80. The summed E-state index contributed by atoms with van der Waals surface area (Å²) in [5.41, 5.74) is 1.23. The van der Waals surface area contributed by atoms with E-state index in [1.54, 1.807) is 0 Å². The Morgan fingerprint density at radius 3 is 2.48 bits per heavy atom. The average molecular weight is 287 g/mol. The van der Waals surface area contributed by atoms with Crippen LogP contribution in [0, 0.1) is 0 Å². The fraction of sp³-hybridized carbons (Fsp3) is 0.444. The Kier molecular flexibility index (Phi) is 6.03. The van der Waals surface area contributed by atoms with E-state index < -0.39 is 0 Å². The molecule has 0 atom stereocenters. The number of hydroxylamine groups is 2. The van der Waals surface area contributed by atoms with E-state index in [0.29, 0.717) is 13.1 Å². The van der Waals surface area contributed by atoms with Crippen molar-refractivity contribution in [1.82, 2.24) is 5.06 Å². The summed E-state index contributed by atoms with van der Waals surface area (Å²) < 4.78 is 5.89. The highest BCUT2D eigenvalue weighted by Crippen LogP contribution is 2.29. The first-order valence-corrected chi connectivity index (χ1v) is 7.83. The summed E-state index contributed by atoms with van der Waals surface area (Å²) in [4.78, 5) is 0. The monoisotopic (exact) mass is 287 g/mol. The molecule has 0 bridgehead atoms. The van der Waals surface area contributed by atoms with Crippen molar-refractivity contribution in [3.8, 4) is 5.75 Å². The summed E-state index contributed by atoms with van der Waals surface area (Å²) in [6.07, 6.45) is 2.77. The van der Waals surface area contributed by atoms with Crippen LogP contribution in [-0.2, 0) is 6.42 Å². The second-order valence-corrected chi connectivity index (χ2v) is 5.32. The van der Waals surface area contributed by atoms with Gasteiger partial charge in [-0.05, 0) is 36.3 Å². The third-order valence-corrected chi connectivity index (χ3v) is 3.54. The minimum atomic E-state index is 0.648. The van der Waals surface area contributed by atoms with Gasteiger partial charge in [0.2, 0.25) is 0 Å². The summed E-state index contributed by atoms with van der Waals surface area (Å²) in [6.45, 7) is 6.27. The van der Waals surface area contributed by atoms with E-state index in [1.165, 1.54) is 21.4 Å². The Hall–Kier alpha value is -1.58. The van der Waals surface area contributed by atoms with Crippen molar-refractivity contribution in [2.45, 2.75) is 33.1 Å². The number of benzene rings is 2. The molecule has 0 amide bonds. The molecule has 0 spiro atoms. The molecule has 0 unspecified atom stereocenters. The molecule has 0 radical (unpaired) electrons. The van der Waals surface area contributed by atoms with E-state index in [-0.39, 0.29) is 0 Å². The molecule has 2 rings (SSSR count). The molecule has 0 saturated heterocycles. The highest BCUT2D eigenvalue weighted by atomic mass is 16.5. The highest BCUT2D eigenvalue weighted by Gasteiger charge is 2.08. The average Bonchev–Trinajstić information content (AvgIpc) is 2.51. The molecule has 3 nitrogen and oxygen atoms in total. The zero-order valence-electron chi connectivity index (χ0n) is 13.0. The molecule has 21 heavy (non-hydrogen) atoms. The van der Waals surface area contributed by atoms with Crippen LogP contribution in [0.5, 0.6) is 5.75 Å². The highest BCUT2D eigenvalue weighted by molar-refractivity contribution is 5.91. The van der Waals surface area contributed by atoms with E-state index >= 15 is 0 Å². The molecule has 0 fully saturated rings. The first kappa shape index (κ1) is 15.8. The van der Waals surface area contributed by atoms with Gasteiger partial charge in [-0.1, -0.05) is 44.2 Å². The Labute approximate surface area is 127 Å². The van der Waals surface area contributed by atoms with Crippen LogP contribution >= 0.6 is 0 Å². The predicted octanol–water partition coefficient (Wildman–Crippen LogP) is 4.27. The van der Waals surface area contributed by atoms with Crippen LogP contribution in [0.2, 0.25) is 0 Å². The SMILES string of the molecule is CCCOc1cccc2cccc(CCN(O)CCC)c12. The Bertz CT molecular complexity index is 563. The van der Waals surface area contributed by atoms with Crippen molar-refractivity contribution in [2.24, 2.45) is 0 Å². The van der Waals surface area contributed by atoms with E-state index in [9.17, 15) is 5.21 Å². The van der Waals surface area contributed by atoms with Crippen molar-refractivity contribution in [3.63, 3.8) is 0 Å². The topological polar surface area (TPSA) is 32.7 Å². The molecule has 0 aliphatic carbocycles. The smallest absolute Gasteiger partial charge is 0.127 e. The molecule has 0 aliphatic heterocycles. The lowest BCUT2D eigenvalue weighted by Crippen LogP contribution is -2.22. The first-order chi connectivity index (χ1) is 10.3. The summed E-state index contributed by atoms with van der Waals surface area (Å²) in [5, 5.41) is 13.6. The van der Waals surface area contributed by atoms with Gasteiger partial charge in [-0.15, -0.1) is 0 Å². The number of fused-ring (bicyclic) bond motifs is 1. The number of nitrogens with zero attached hydrogens (tertiary/aromatic N) is 1. The van der Waals surface area contributed by atoms with Crippen LogP contribution in [0.25, 0.3) is 10.8 Å². The molecular formula is C18H25NO2. The maximum Gasteiger partial charge on any atom is 0.127 e. The Balaban J connectivity index is 2.25. The van der Waals surface area contributed by atoms with Gasteiger partial charge in [0, 0.05) is 18.5 Å². The van der Waals surface area contributed by atoms with Crippen LogP contribution in [0.3, 0.4) is 0 Å². The van der Waals surface area contributed by atoms with E-state index in [1.807, 2.05) is 12.1 Å². The van der Waals surface area contributed by atoms with Gasteiger partial charge >= 0.3 is 0 Å². The molecule has 3 heteroatoms. The molecule has 0 aliphatic rings. The Morgan fingerprint density at radius 1 is 1.00 bits per heavy atom. The van der Waals surface area contributed by atoms with Gasteiger partial charge in [-0.2, -0.15) is 5.06 Å². The third-order valence-electron chi connectivity index (χ3n) is 3.54. The molecule has 114 valence electrons. The number of hydrogen-bond donors (Lipinski definition) is 1. The van der Waals surface area contributed by atoms with Crippen molar-refractivity contribution in [1.29, 1.82) is 0 Å². The fourth-order valence-corrected chi connectivity index (χ4v) is 2.54. The zero-order valence-corrected chi connectivity index (χ0v) is 13.0. The summed E-state index contributed by atoms with van der Waals surface area (Å²) in [5.74, 6) is 0.949. The van der Waals surface area contributed by atoms with Gasteiger partial charge < -0.3 is 9.94 Å². The van der Waals surface area contributed by atoms with E-state index in [2.05, 4.69) is 38.1 Å². The van der Waals surface area contributed by atoms with Crippen LogP contribution < -0.4 is 4.74 Å². The molecule has 0 saturated carbocycles. The molecule has 1 N–H and O–H groups in total. The number of hydrogen-bond acceptors (Lipinski definition) is 3. The van der Waals surface area contributed by atoms with Crippen molar-refractivity contribution < 1.29 is 9.94 Å². The Morgan fingerprint density at radius 2 is 1.76 bits per heavy atom. The van der Waals surface area contributed by atoms with Crippen LogP contribution in [0.4, 0.5) is 0 Å².